The molecule has 36 heavy (non-hydrogen) atoms. The van der Waals surface area contributed by atoms with Crippen molar-refractivity contribution in [3.05, 3.63) is 117 Å². The van der Waals surface area contributed by atoms with Crippen molar-refractivity contribution in [2.75, 3.05) is 13.2 Å². The van der Waals surface area contributed by atoms with E-state index in [4.69, 9.17) is 18.9 Å². The molecule has 0 heterocycles. The van der Waals surface area contributed by atoms with Crippen LogP contribution in [0.4, 0.5) is 0 Å². The van der Waals surface area contributed by atoms with Gasteiger partial charge < -0.3 is 18.9 Å². The van der Waals surface area contributed by atoms with Crippen molar-refractivity contribution in [2.24, 2.45) is 0 Å². The Morgan fingerprint density at radius 2 is 0.750 bits per heavy atom. The quantitative estimate of drug-likeness (QED) is 0.132. The fourth-order valence-corrected chi connectivity index (χ4v) is 4.00. The molecule has 0 aliphatic carbocycles. The zero-order chi connectivity index (χ0) is 25.3. The summed E-state index contributed by atoms with van der Waals surface area (Å²) in [4.78, 5) is 0. The summed E-state index contributed by atoms with van der Waals surface area (Å²) < 4.78 is 26.1. The summed E-state index contributed by atoms with van der Waals surface area (Å²) in [6, 6.07) is 31.1. The SMILES string of the molecule is CCO/C(=C(\OCC)c1ccc(Oc2ccc(Br)cc2)cc1)c1ccc(Oc2ccc(Br)cc2)cc1. The van der Waals surface area contributed by atoms with E-state index < -0.39 is 0 Å². The van der Waals surface area contributed by atoms with Crippen LogP contribution in [0.25, 0.3) is 11.5 Å². The van der Waals surface area contributed by atoms with Gasteiger partial charge in [0.1, 0.15) is 23.0 Å². The van der Waals surface area contributed by atoms with E-state index in [-0.39, 0.29) is 0 Å². The Labute approximate surface area is 228 Å². The second-order valence-corrected chi connectivity index (χ2v) is 9.52. The summed E-state index contributed by atoms with van der Waals surface area (Å²) in [5.41, 5.74) is 1.80. The van der Waals surface area contributed by atoms with Gasteiger partial charge in [0, 0.05) is 20.1 Å². The van der Waals surface area contributed by atoms with E-state index in [1.807, 2.05) is 111 Å². The lowest BCUT2D eigenvalue weighted by Gasteiger charge is -2.17. The maximum Gasteiger partial charge on any atom is 0.168 e. The number of ether oxygens (including phenoxy) is 4. The van der Waals surface area contributed by atoms with Crippen molar-refractivity contribution < 1.29 is 18.9 Å². The molecule has 0 spiro atoms. The lowest BCUT2D eigenvalue weighted by molar-refractivity contribution is 0.261. The van der Waals surface area contributed by atoms with Crippen molar-refractivity contribution >= 4 is 43.4 Å². The van der Waals surface area contributed by atoms with Crippen LogP contribution in [-0.4, -0.2) is 13.2 Å². The second-order valence-electron chi connectivity index (χ2n) is 7.68. The Morgan fingerprint density at radius 3 is 1.03 bits per heavy atom. The van der Waals surface area contributed by atoms with Crippen LogP contribution in [0.3, 0.4) is 0 Å². The van der Waals surface area contributed by atoms with Crippen LogP contribution in [0.5, 0.6) is 23.0 Å². The molecule has 0 atom stereocenters. The van der Waals surface area contributed by atoms with Gasteiger partial charge in [-0.15, -0.1) is 0 Å². The molecular formula is C30H26Br2O4. The molecule has 0 N–H and O–H groups in total. The summed E-state index contributed by atoms with van der Waals surface area (Å²) in [7, 11) is 0. The van der Waals surface area contributed by atoms with E-state index in [0.717, 1.165) is 43.1 Å². The Morgan fingerprint density at radius 1 is 0.472 bits per heavy atom. The third-order valence-corrected chi connectivity index (χ3v) is 6.17. The zero-order valence-corrected chi connectivity index (χ0v) is 23.2. The molecule has 4 aromatic rings. The molecule has 4 nitrogen and oxygen atoms in total. The minimum Gasteiger partial charge on any atom is -0.489 e. The van der Waals surface area contributed by atoms with Crippen molar-refractivity contribution in [2.45, 2.75) is 13.8 Å². The molecule has 0 aromatic heterocycles. The average Bonchev–Trinajstić information content (AvgIpc) is 2.90. The Balaban J connectivity index is 1.59. The van der Waals surface area contributed by atoms with Gasteiger partial charge >= 0.3 is 0 Å². The van der Waals surface area contributed by atoms with Crippen LogP contribution in [0.15, 0.2) is 106 Å². The van der Waals surface area contributed by atoms with Gasteiger partial charge in [-0.05, 0) is 111 Å². The fourth-order valence-electron chi connectivity index (χ4n) is 3.47. The van der Waals surface area contributed by atoms with E-state index >= 15 is 0 Å². The van der Waals surface area contributed by atoms with E-state index in [2.05, 4.69) is 31.9 Å². The molecule has 0 saturated heterocycles. The standard InChI is InChI=1S/C30H26Br2O4/c1-3-33-29(21-5-13-25(14-6-21)35-27-17-9-23(31)10-18-27)30(34-4-2)22-7-15-26(16-8-22)36-28-19-11-24(32)12-20-28/h5-20H,3-4H2,1-2H3/b30-29-. The maximum absolute atomic E-state index is 6.08. The maximum atomic E-state index is 6.08. The second kappa shape index (κ2) is 12.7. The van der Waals surface area contributed by atoms with Crippen LogP contribution in [0.2, 0.25) is 0 Å². The van der Waals surface area contributed by atoms with Gasteiger partial charge in [-0.25, -0.2) is 0 Å². The van der Waals surface area contributed by atoms with E-state index in [1.165, 1.54) is 0 Å². The Hall–Kier alpha value is -3.22. The molecule has 4 rings (SSSR count). The number of rotatable bonds is 10. The fraction of sp³-hybridized carbons (Fsp3) is 0.133. The summed E-state index contributed by atoms with van der Waals surface area (Å²) in [6.07, 6.45) is 0. The monoisotopic (exact) mass is 608 g/mol. The molecule has 0 aliphatic heterocycles. The molecule has 0 aliphatic rings. The van der Waals surface area contributed by atoms with Crippen LogP contribution in [0, 0.1) is 0 Å². The average molecular weight is 610 g/mol. The number of hydrogen-bond donors (Lipinski definition) is 0. The molecule has 0 bridgehead atoms. The van der Waals surface area contributed by atoms with Gasteiger partial charge in [0.05, 0.1) is 13.2 Å². The minimum absolute atomic E-state index is 0.508. The normalized spacial score (nSPS) is 11.4. The van der Waals surface area contributed by atoms with Gasteiger partial charge in [0.25, 0.3) is 0 Å². The highest BCUT2D eigenvalue weighted by Gasteiger charge is 2.16. The predicted molar refractivity (Wildman–Crippen MR) is 151 cm³/mol. The van der Waals surface area contributed by atoms with Gasteiger partial charge in [0.15, 0.2) is 11.5 Å². The predicted octanol–water partition coefficient (Wildman–Crippen LogP) is 9.69. The zero-order valence-electron chi connectivity index (χ0n) is 20.0. The van der Waals surface area contributed by atoms with Gasteiger partial charge in [-0.1, -0.05) is 31.9 Å². The van der Waals surface area contributed by atoms with Crippen LogP contribution in [-0.2, 0) is 9.47 Å². The molecule has 0 unspecified atom stereocenters. The first kappa shape index (κ1) is 25.9. The van der Waals surface area contributed by atoms with Crippen LogP contribution >= 0.6 is 31.9 Å². The van der Waals surface area contributed by atoms with Gasteiger partial charge in [0.2, 0.25) is 0 Å². The molecule has 184 valence electrons. The highest BCUT2D eigenvalue weighted by Crippen LogP contribution is 2.32. The number of hydrogen-bond acceptors (Lipinski definition) is 4. The summed E-state index contributed by atoms with van der Waals surface area (Å²) in [5.74, 6) is 4.37. The van der Waals surface area contributed by atoms with Crippen molar-refractivity contribution in [3.63, 3.8) is 0 Å². The topological polar surface area (TPSA) is 36.9 Å². The molecule has 0 saturated carbocycles. The highest BCUT2D eigenvalue weighted by molar-refractivity contribution is 9.10. The van der Waals surface area contributed by atoms with E-state index in [9.17, 15) is 0 Å². The summed E-state index contributed by atoms with van der Waals surface area (Å²) in [6.45, 7) is 4.94. The first-order valence-electron chi connectivity index (χ1n) is 11.6. The number of halogens is 2. The largest absolute Gasteiger partial charge is 0.489 e. The molecule has 0 fully saturated rings. The van der Waals surface area contributed by atoms with Crippen LogP contribution < -0.4 is 9.47 Å². The van der Waals surface area contributed by atoms with E-state index in [0.29, 0.717) is 24.7 Å². The Bertz CT molecular complexity index is 1180. The Kier molecular flexibility index (Phi) is 9.09. The van der Waals surface area contributed by atoms with E-state index in [1.54, 1.807) is 0 Å². The van der Waals surface area contributed by atoms with Crippen molar-refractivity contribution in [1.82, 2.24) is 0 Å². The van der Waals surface area contributed by atoms with Crippen LogP contribution in [0.1, 0.15) is 25.0 Å². The van der Waals surface area contributed by atoms with Gasteiger partial charge in [-0.3, -0.25) is 0 Å². The molecule has 0 radical (unpaired) electrons. The minimum atomic E-state index is 0.508. The smallest absolute Gasteiger partial charge is 0.168 e. The number of benzene rings is 4. The van der Waals surface area contributed by atoms with Crippen molar-refractivity contribution in [1.29, 1.82) is 0 Å². The lowest BCUT2D eigenvalue weighted by atomic mass is 10.1. The van der Waals surface area contributed by atoms with Gasteiger partial charge in [-0.2, -0.15) is 0 Å². The first-order chi connectivity index (χ1) is 17.6. The first-order valence-corrected chi connectivity index (χ1v) is 13.2. The highest BCUT2D eigenvalue weighted by atomic mass is 79.9. The third kappa shape index (κ3) is 6.93. The molecule has 6 heteroatoms. The molecule has 4 aromatic carbocycles. The summed E-state index contributed by atoms with van der Waals surface area (Å²) in [5, 5.41) is 0. The molecular weight excluding hydrogens is 584 g/mol. The van der Waals surface area contributed by atoms with Crippen molar-refractivity contribution in [3.8, 4) is 23.0 Å². The molecule has 0 amide bonds. The lowest BCUT2D eigenvalue weighted by Crippen LogP contribution is -2.01. The third-order valence-electron chi connectivity index (χ3n) is 5.12. The summed E-state index contributed by atoms with van der Waals surface area (Å²) >= 11 is 6.88.